The normalized spacial score (nSPS) is 20.4. The number of ether oxygens (including phenoxy) is 1. The van der Waals surface area contributed by atoms with Crippen LogP contribution < -0.4 is 4.74 Å². The zero-order chi connectivity index (χ0) is 18.0. The minimum atomic E-state index is -0.900. The highest BCUT2D eigenvalue weighted by atomic mass is 19.2. The van der Waals surface area contributed by atoms with Crippen LogP contribution in [0.2, 0.25) is 0 Å². The van der Waals surface area contributed by atoms with E-state index in [-0.39, 0.29) is 6.04 Å². The summed E-state index contributed by atoms with van der Waals surface area (Å²) in [5, 5.41) is 19.2. The maximum atomic E-state index is 13.6. The number of rotatable bonds is 4. The molecule has 1 aliphatic heterocycles. The number of aliphatic hydroxyl groups is 1. The van der Waals surface area contributed by atoms with Crippen molar-refractivity contribution in [2.24, 2.45) is 0 Å². The van der Waals surface area contributed by atoms with Gasteiger partial charge in [0.05, 0.1) is 24.8 Å². The van der Waals surface area contributed by atoms with Crippen molar-refractivity contribution in [3.63, 3.8) is 0 Å². The molecule has 6 heteroatoms. The summed E-state index contributed by atoms with van der Waals surface area (Å²) in [5.41, 5.74) is 1.94. The number of hydrogen-bond acceptors (Lipinski definition) is 4. The van der Waals surface area contributed by atoms with E-state index in [0.29, 0.717) is 36.4 Å². The van der Waals surface area contributed by atoms with Gasteiger partial charge >= 0.3 is 0 Å². The summed E-state index contributed by atoms with van der Waals surface area (Å²) >= 11 is 0. The van der Waals surface area contributed by atoms with Crippen LogP contribution >= 0.6 is 0 Å². The number of methoxy groups -OCH3 is 1. The Kier molecular flexibility index (Phi) is 4.98. The Morgan fingerprint density at radius 2 is 2.04 bits per heavy atom. The average Bonchev–Trinajstić information content (AvgIpc) is 2.97. The van der Waals surface area contributed by atoms with Crippen LogP contribution in [0.5, 0.6) is 5.75 Å². The SMILES string of the molecule is COc1ccc(C#N)cc1CN1CC(O)CC1c1ccc(F)c(F)c1. The van der Waals surface area contributed by atoms with Gasteiger partial charge in [-0.2, -0.15) is 5.26 Å². The van der Waals surface area contributed by atoms with Crippen molar-refractivity contribution in [2.75, 3.05) is 13.7 Å². The fourth-order valence-electron chi connectivity index (χ4n) is 3.31. The molecule has 130 valence electrons. The monoisotopic (exact) mass is 344 g/mol. The summed E-state index contributed by atoms with van der Waals surface area (Å²) in [6, 6.07) is 10.8. The lowest BCUT2D eigenvalue weighted by Crippen LogP contribution is -2.24. The smallest absolute Gasteiger partial charge is 0.159 e. The molecule has 0 saturated carbocycles. The van der Waals surface area contributed by atoms with Gasteiger partial charge < -0.3 is 9.84 Å². The molecular formula is C19H18F2N2O2. The summed E-state index contributed by atoms with van der Waals surface area (Å²) in [6.07, 6.45) is -0.117. The van der Waals surface area contributed by atoms with Gasteiger partial charge in [-0.15, -0.1) is 0 Å². The minimum absolute atomic E-state index is 0.236. The van der Waals surface area contributed by atoms with Crippen LogP contribution in [-0.2, 0) is 6.54 Å². The molecule has 1 aliphatic rings. The van der Waals surface area contributed by atoms with E-state index < -0.39 is 17.7 Å². The molecule has 1 saturated heterocycles. The molecule has 1 N–H and O–H groups in total. The van der Waals surface area contributed by atoms with Gasteiger partial charge in [0, 0.05) is 24.7 Å². The Morgan fingerprint density at radius 3 is 2.72 bits per heavy atom. The van der Waals surface area contributed by atoms with E-state index in [1.54, 1.807) is 25.3 Å². The zero-order valence-electron chi connectivity index (χ0n) is 13.7. The van der Waals surface area contributed by atoms with E-state index in [4.69, 9.17) is 10.00 Å². The van der Waals surface area contributed by atoms with Crippen LogP contribution in [0, 0.1) is 23.0 Å². The van der Waals surface area contributed by atoms with E-state index in [0.717, 1.165) is 11.6 Å². The van der Waals surface area contributed by atoms with Crippen LogP contribution in [0.3, 0.4) is 0 Å². The van der Waals surface area contributed by atoms with E-state index >= 15 is 0 Å². The molecule has 2 unspecified atom stereocenters. The number of β-amino-alcohol motifs (C(OH)–C–C–N with tert-alkyl or cyclic N) is 1. The molecule has 0 radical (unpaired) electrons. The number of hydrogen-bond donors (Lipinski definition) is 1. The minimum Gasteiger partial charge on any atom is -0.496 e. The van der Waals surface area contributed by atoms with Gasteiger partial charge in [-0.3, -0.25) is 4.90 Å². The highest BCUT2D eigenvalue weighted by Gasteiger charge is 2.33. The Morgan fingerprint density at radius 1 is 1.24 bits per heavy atom. The number of nitrogens with zero attached hydrogens (tertiary/aromatic N) is 2. The summed E-state index contributed by atoms with van der Waals surface area (Å²) in [7, 11) is 1.55. The number of aliphatic hydroxyl groups excluding tert-OH is 1. The predicted octanol–water partition coefficient (Wildman–Crippen LogP) is 3.15. The first kappa shape index (κ1) is 17.3. The van der Waals surface area contributed by atoms with Crippen LogP contribution in [0.4, 0.5) is 8.78 Å². The van der Waals surface area contributed by atoms with Crippen molar-refractivity contribution in [1.82, 2.24) is 4.90 Å². The van der Waals surface area contributed by atoms with Gasteiger partial charge in [-0.05, 0) is 42.3 Å². The molecule has 2 aromatic carbocycles. The maximum Gasteiger partial charge on any atom is 0.159 e. The van der Waals surface area contributed by atoms with Crippen molar-refractivity contribution in [1.29, 1.82) is 5.26 Å². The molecule has 0 amide bonds. The van der Waals surface area contributed by atoms with Crippen LogP contribution in [-0.4, -0.2) is 29.8 Å². The lowest BCUT2D eigenvalue weighted by Gasteiger charge is -2.25. The summed E-state index contributed by atoms with van der Waals surface area (Å²) < 4.78 is 32.1. The van der Waals surface area contributed by atoms with Crippen molar-refractivity contribution in [3.8, 4) is 11.8 Å². The molecule has 0 bridgehead atoms. The number of nitriles is 1. The van der Waals surface area contributed by atoms with Gasteiger partial charge in [0.15, 0.2) is 11.6 Å². The van der Waals surface area contributed by atoms with E-state index in [9.17, 15) is 13.9 Å². The van der Waals surface area contributed by atoms with Gasteiger partial charge in [0.25, 0.3) is 0 Å². The van der Waals surface area contributed by atoms with Crippen LogP contribution in [0.15, 0.2) is 36.4 Å². The first-order chi connectivity index (χ1) is 12.0. The van der Waals surface area contributed by atoms with Crippen molar-refractivity contribution < 1.29 is 18.6 Å². The topological polar surface area (TPSA) is 56.5 Å². The molecule has 1 fully saturated rings. The fourth-order valence-corrected chi connectivity index (χ4v) is 3.31. The van der Waals surface area contributed by atoms with Gasteiger partial charge in [-0.25, -0.2) is 8.78 Å². The molecule has 4 nitrogen and oxygen atoms in total. The Hall–Kier alpha value is -2.49. The summed E-state index contributed by atoms with van der Waals surface area (Å²) in [6.45, 7) is 0.836. The second kappa shape index (κ2) is 7.18. The Balaban J connectivity index is 1.90. The summed E-state index contributed by atoms with van der Waals surface area (Å²) in [5.74, 6) is -1.15. The molecule has 3 rings (SSSR count). The third-order valence-corrected chi connectivity index (χ3v) is 4.49. The van der Waals surface area contributed by atoms with Gasteiger partial charge in [0.1, 0.15) is 5.75 Å². The van der Waals surface area contributed by atoms with E-state index in [1.807, 2.05) is 4.90 Å². The average molecular weight is 344 g/mol. The van der Waals surface area contributed by atoms with E-state index in [2.05, 4.69) is 6.07 Å². The lowest BCUT2D eigenvalue weighted by molar-refractivity contribution is 0.172. The second-order valence-electron chi connectivity index (χ2n) is 6.15. The Labute approximate surface area is 144 Å². The quantitative estimate of drug-likeness (QED) is 0.926. The van der Waals surface area contributed by atoms with Crippen molar-refractivity contribution >= 4 is 0 Å². The third-order valence-electron chi connectivity index (χ3n) is 4.49. The highest BCUT2D eigenvalue weighted by Crippen LogP contribution is 2.35. The van der Waals surface area contributed by atoms with Gasteiger partial charge in [0.2, 0.25) is 0 Å². The lowest BCUT2D eigenvalue weighted by atomic mass is 10.0. The van der Waals surface area contributed by atoms with Crippen LogP contribution in [0.25, 0.3) is 0 Å². The first-order valence-corrected chi connectivity index (χ1v) is 7.96. The van der Waals surface area contributed by atoms with Crippen LogP contribution in [0.1, 0.15) is 29.2 Å². The fraction of sp³-hybridized carbons (Fsp3) is 0.316. The molecule has 0 aliphatic carbocycles. The molecule has 0 aromatic heterocycles. The second-order valence-corrected chi connectivity index (χ2v) is 6.15. The van der Waals surface area contributed by atoms with Crippen molar-refractivity contribution in [3.05, 3.63) is 64.7 Å². The molecule has 1 heterocycles. The molecule has 0 spiro atoms. The molecule has 2 aromatic rings. The molecule has 25 heavy (non-hydrogen) atoms. The number of halogens is 2. The largest absolute Gasteiger partial charge is 0.496 e. The van der Waals surface area contributed by atoms with Crippen molar-refractivity contribution in [2.45, 2.75) is 25.1 Å². The third kappa shape index (κ3) is 3.63. The highest BCUT2D eigenvalue weighted by molar-refractivity contribution is 5.42. The summed E-state index contributed by atoms with van der Waals surface area (Å²) in [4.78, 5) is 1.98. The zero-order valence-corrected chi connectivity index (χ0v) is 13.7. The number of benzene rings is 2. The molecule has 2 atom stereocenters. The first-order valence-electron chi connectivity index (χ1n) is 7.96. The van der Waals surface area contributed by atoms with Gasteiger partial charge in [-0.1, -0.05) is 6.07 Å². The standard InChI is InChI=1S/C19H18F2N2O2/c1-25-19-5-2-12(9-22)6-14(19)10-23-11-15(24)8-18(23)13-3-4-16(20)17(21)7-13/h2-7,15,18,24H,8,10-11H2,1H3. The predicted molar refractivity (Wildman–Crippen MR) is 87.8 cm³/mol. The molecular weight excluding hydrogens is 326 g/mol. The number of likely N-dealkylation sites (tertiary alicyclic amines) is 1. The van der Waals surface area contributed by atoms with E-state index in [1.165, 1.54) is 12.1 Å². The maximum absolute atomic E-state index is 13.6. The Bertz CT molecular complexity index is 820.